The van der Waals surface area contributed by atoms with E-state index in [-0.39, 0.29) is 29.6 Å². The molecule has 0 aliphatic carbocycles. The largest absolute Gasteiger partial charge is 0.490 e. The van der Waals surface area contributed by atoms with Crippen LogP contribution in [0.3, 0.4) is 0 Å². The number of primary amides is 1. The number of carbonyl (C=O) groups is 2. The average molecular weight is 641 g/mol. The molecule has 47 heavy (non-hydrogen) atoms. The van der Waals surface area contributed by atoms with Crippen molar-refractivity contribution in [2.75, 3.05) is 36.9 Å². The van der Waals surface area contributed by atoms with Gasteiger partial charge in [-0.05, 0) is 93.6 Å². The molecule has 1 fully saturated rings. The van der Waals surface area contributed by atoms with Gasteiger partial charge in [-0.3, -0.25) is 9.59 Å². The summed E-state index contributed by atoms with van der Waals surface area (Å²) in [5, 5.41) is 5.95. The van der Waals surface area contributed by atoms with Crippen LogP contribution in [0.1, 0.15) is 59.2 Å². The number of rotatable bonds is 14. The highest BCUT2D eigenvalue weighted by Crippen LogP contribution is 2.29. The molecule has 1 aliphatic heterocycles. The minimum Gasteiger partial charge on any atom is -0.490 e. The molecule has 1 aliphatic rings. The van der Waals surface area contributed by atoms with Crippen LogP contribution in [0.5, 0.6) is 17.4 Å². The van der Waals surface area contributed by atoms with Crippen LogP contribution < -0.4 is 25.8 Å². The Kier molecular flexibility index (Phi) is 11.3. The Labute approximate surface area is 274 Å². The molecule has 5 rings (SSSR count). The maximum Gasteiger partial charge on any atom is 0.262 e. The average Bonchev–Trinajstić information content (AvgIpc) is 3.05. The molecule has 1 saturated heterocycles. The van der Waals surface area contributed by atoms with Gasteiger partial charge in [-0.25, -0.2) is 9.37 Å². The van der Waals surface area contributed by atoms with Crippen molar-refractivity contribution < 1.29 is 23.5 Å². The van der Waals surface area contributed by atoms with E-state index in [9.17, 15) is 14.0 Å². The summed E-state index contributed by atoms with van der Waals surface area (Å²) in [4.78, 5) is 36.1. The fraction of sp³-hybridized carbons (Fsp3) is 0.333. The number of hydrogen-bond acceptors (Lipinski definition) is 8. The number of aromatic nitrogens is 2. The smallest absolute Gasteiger partial charge is 0.262 e. The summed E-state index contributed by atoms with van der Waals surface area (Å²) in [5.74, 6) is -0.698. The first-order valence-electron chi connectivity index (χ1n) is 16.0. The lowest BCUT2D eigenvalue weighted by Gasteiger charge is -2.26. The number of hydrogen-bond donors (Lipinski definition) is 3. The highest BCUT2D eigenvalue weighted by atomic mass is 19.1. The monoisotopic (exact) mass is 640 g/mol. The van der Waals surface area contributed by atoms with Gasteiger partial charge in [-0.2, -0.15) is 4.98 Å². The van der Waals surface area contributed by atoms with Crippen LogP contribution in [-0.4, -0.2) is 52.9 Å². The fourth-order valence-corrected chi connectivity index (χ4v) is 5.47. The van der Waals surface area contributed by atoms with E-state index in [1.54, 1.807) is 30.3 Å². The zero-order valence-corrected chi connectivity index (χ0v) is 26.9. The van der Waals surface area contributed by atoms with Gasteiger partial charge in [-0.1, -0.05) is 36.8 Å². The lowest BCUT2D eigenvalue weighted by atomic mass is 10.1. The molecule has 0 saturated carbocycles. The number of nitrogens with two attached hydrogens (primary N) is 1. The predicted molar refractivity (Wildman–Crippen MR) is 180 cm³/mol. The van der Waals surface area contributed by atoms with Crippen LogP contribution in [0.4, 0.5) is 21.7 Å². The molecule has 0 spiro atoms. The summed E-state index contributed by atoms with van der Waals surface area (Å²) >= 11 is 0. The van der Waals surface area contributed by atoms with E-state index in [1.165, 1.54) is 31.5 Å². The number of nitrogens with zero attached hydrogens (tertiary/aromatic N) is 3. The van der Waals surface area contributed by atoms with Gasteiger partial charge in [0.25, 0.3) is 5.91 Å². The lowest BCUT2D eigenvalue weighted by Crippen LogP contribution is -2.31. The molecule has 0 unspecified atom stereocenters. The first kappa shape index (κ1) is 33.3. The molecule has 0 bridgehead atoms. The quantitative estimate of drug-likeness (QED) is 0.130. The molecular formula is C36H41FN6O4. The van der Waals surface area contributed by atoms with Crippen molar-refractivity contribution in [1.82, 2.24) is 14.9 Å². The van der Waals surface area contributed by atoms with Gasteiger partial charge in [-0.15, -0.1) is 0 Å². The van der Waals surface area contributed by atoms with Crippen molar-refractivity contribution in [2.45, 2.75) is 52.4 Å². The number of nitrogens with one attached hydrogen (secondary N) is 2. The Morgan fingerprint density at radius 1 is 1.00 bits per heavy atom. The van der Waals surface area contributed by atoms with Gasteiger partial charge in [0.05, 0.1) is 6.61 Å². The molecule has 11 heteroatoms. The Bertz CT molecular complexity index is 1690. The lowest BCUT2D eigenvalue weighted by molar-refractivity contribution is -0.118. The van der Waals surface area contributed by atoms with Crippen LogP contribution in [-0.2, 0) is 11.2 Å². The number of amides is 2. The van der Waals surface area contributed by atoms with Crippen molar-refractivity contribution in [3.8, 4) is 17.4 Å². The van der Waals surface area contributed by atoms with E-state index in [0.717, 1.165) is 42.7 Å². The molecule has 4 aromatic rings. The van der Waals surface area contributed by atoms with Gasteiger partial charge in [0.1, 0.15) is 11.3 Å². The molecule has 1 aromatic heterocycles. The van der Waals surface area contributed by atoms with E-state index in [2.05, 4.69) is 25.5 Å². The summed E-state index contributed by atoms with van der Waals surface area (Å²) in [6.45, 7) is 7.42. The predicted octanol–water partition coefficient (Wildman–Crippen LogP) is 6.69. The molecule has 4 N–H and O–H groups in total. The van der Waals surface area contributed by atoms with Gasteiger partial charge in [0.15, 0.2) is 11.6 Å². The first-order valence-corrected chi connectivity index (χ1v) is 16.0. The number of anilines is 3. The summed E-state index contributed by atoms with van der Waals surface area (Å²) in [6.07, 6.45) is 6.57. The minimum atomic E-state index is -0.512. The third-order valence-electron chi connectivity index (χ3n) is 8.00. The highest BCUT2D eigenvalue weighted by molar-refractivity contribution is 6.06. The number of likely N-dealkylation sites (tertiary alicyclic amines) is 1. The van der Waals surface area contributed by atoms with Crippen molar-refractivity contribution in [3.05, 3.63) is 94.9 Å². The van der Waals surface area contributed by atoms with E-state index >= 15 is 0 Å². The molecule has 10 nitrogen and oxygen atoms in total. The second kappa shape index (κ2) is 16.0. The normalized spacial score (nSPS) is 13.2. The number of halogens is 1. The maximum absolute atomic E-state index is 15.0. The van der Waals surface area contributed by atoms with Crippen LogP contribution in [0.15, 0.2) is 66.9 Å². The number of para-hydroxylation sites is 1. The Balaban J connectivity index is 1.32. The zero-order valence-electron chi connectivity index (χ0n) is 26.9. The van der Waals surface area contributed by atoms with Crippen molar-refractivity contribution >= 4 is 29.1 Å². The highest BCUT2D eigenvalue weighted by Gasteiger charge is 2.20. The van der Waals surface area contributed by atoms with Crippen LogP contribution in [0, 0.1) is 19.7 Å². The molecule has 0 radical (unpaired) electrons. The Hall–Kier alpha value is -5.03. The van der Waals surface area contributed by atoms with Crippen LogP contribution >= 0.6 is 0 Å². The summed E-state index contributed by atoms with van der Waals surface area (Å²) in [6, 6.07) is 17.4. The second-order valence-electron chi connectivity index (χ2n) is 11.7. The van der Waals surface area contributed by atoms with Gasteiger partial charge < -0.3 is 30.7 Å². The Morgan fingerprint density at radius 2 is 1.77 bits per heavy atom. The summed E-state index contributed by atoms with van der Waals surface area (Å²) in [5.41, 5.74) is 9.13. The molecule has 246 valence electrons. The van der Waals surface area contributed by atoms with Gasteiger partial charge >= 0.3 is 0 Å². The molecule has 2 amide bonds. The Morgan fingerprint density at radius 3 is 2.51 bits per heavy atom. The van der Waals surface area contributed by atoms with Crippen LogP contribution in [0.25, 0.3) is 0 Å². The van der Waals surface area contributed by atoms with E-state index < -0.39 is 17.6 Å². The third-order valence-corrected chi connectivity index (χ3v) is 8.00. The molecular weight excluding hydrogens is 599 g/mol. The second-order valence-corrected chi connectivity index (χ2v) is 11.7. The zero-order chi connectivity index (χ0) is 33.2. The van der Waals surface area contributed by atoms with Crippen molar-refractivity contribution in [1.29, 1.82) is 0 Å². The number of ether oxygens (including phenoxy) is 2. The number of piperidine rings is 1. The van der Waals surface area contributed by atoms with E-state index in [0.29, 0.717) is 30.2 Å². The first-order chi connectivity index (χ1) is 22.7. The maximum atomic E-state index is 15.0. The fourth-order valence-electron chi connectivity index (χ4n) is 5.47. The van der Waals surface area contributed by atoms with Gasteiger partial charge in [0.2, 0.25) is 17.7 Å². The summed E-state index contributed by atoms with van der Waals surface area (Å²) < 4.78 is 26.8. The number of aryl methyl sites for hydroxylation is 3. The van der Waals surface area contributed by atoms with Crippen LogP contribution in [0.2, 0.25) is 0 Å². The van der Waals surface area contributed by atoms with Crippen molar-refractivity contribution in [2.24, 2.45) is 5.73 Å². The third kappa shape index (κ3) is 9.49. The minimum absolute atomic E-state index is 0.00702. The SMILES string of the molecule is Cc1cccc(C)c1NC(=O)c1cnc(Nc2ccc(OCCCN3CCCCC3)c(F)c2)nc1Oc1cccc(CCC(N)=O)c1. The summed E-state index contributed by atoms with van der Waals surface area (Å²) in [7, 11) is 0. The molecule has 3 aromatic carbocycles. The van der Waals surface area contributed by atoms with E-state index in [1.807, 2.05) is 38.1 Å². The van der Waals surface area contributed by atoms with Gasteiger partial charge in [0, 0.05) is 36.6 Å². The topological polar surface area (TPSA) is 132 Å². The van der Waals surface area contributed by atoms with E-state index in [4.69, 9.17) is 15.2 Å². The van der Waals surface area contributed by atoms with Crippen molar-refractivity contribution in [3.63, 3.8) is 0 Å². The molecule has 0 atom stereocenters. The number of carbonyl (C=O) groups excluding carboxylic acids is 2. The number of benzene rings is 3. The standard InChI is InChI=1S/C36H41FN6O4/c1-24-9-6-10-25(2)33(24)41-34(45)29-23-39-36(42-35(29)47-28-12-7-11-26(21-28)13-16-32(38)44)40-27-14-15-31(30(37)22-27)46-20-8-19-43-17-4-3-5-18-43/h6-7,9-12,14-15,21-23H,3-5,8,13,16-20H2,1-2H3,(H2,38,44)(H,41,45)(H,39,40,42). The molecule has 2 heterocycles.